The minimum atomic E-state index is -1.32. The Bertz CT molecular complexity index is 1080. The van der Waals surface area contributed by atoms with Crippen LogP contribution in [0.4, 0.5) is 0 Å². The fraction of sp³-hybridized carbons (Fsp3) is 0.538. The third-order valence-electron chi connectivity index (χ3n) is 6.19. The molecule has 0 aromatic heterocycles. The van der Waals surface area contributed by atoms with Gasteiger partial charge in [0.1, 0.15) is 23.9 Å². The quantitative estimate of drug-likeness (QED) is 0.0419. The molecule has 1 aromatic rings. The Morgan fingerprint density at radius 2 is 1.33 bits per heavy atom. The zero-order valence-corrected chi connectivity index (χ0v) is 23.5. The number of carboxylic acid groups (broad SMARTS) is 1. The summed E-state index contributed by atoms with van der Waals surface area (Å²) in [5, 5.41) is 26.8. The molecule has 0 spiro atoms. The van der Waals surface area contributed by atoms with Gasteiger partial charge in [0.25, 0.3) is 0 Å². The van der Waals surface area contributed by atoms with Crippen molar-refractivity contribution in [3.8, 4) is 5.75 Å². The fourth-order valence-corrected chi connectivity index (χ4v) is 3.85. The number of phenols is 1. The molecule has 0 heterocycles. The minimum Gasteiger partial charge on any atom is -0.508 e. The average molecular weight is 594 g/mol. The highest BCUT2D eigenvalue weighted by molar-refractivity contribution is 5.94. The number of nitrogens with two attached hydrogens (primary N) is 5. The van der Waals surface area contributed by atoms with E-state index in [1.165, 1.54) is 24.3 Å². The first-order valence-electron chi connectivity index (χ1n) is 13.5. The molecule has 0 saturated carbocycles. The zero-order chi connectivity index (χ0) is 31.7. The maximum Gasteiger partial charge on any atom is 0.326 e. The van der Waals surface area contributed by atoms with Crippen LogP contribution in [-0.4, -0.2) is 83.0 Å². The highest BCUT2D eigenvalue weighted by Crippen LogP contribution is 2.12. The van der Waals surface area contributed by atoms with Crippen LogP contribution in [0.5, 0.6) is 5.75 Å². The number of hydrogen-bond donors (Lipinski definition) is 10. The van der Waals surface area contributed by atoms with E-state index in [0.29, 0.717) is 24.9 Å². The van der Waals surface area contributed by atoms with E-state index in [1.807, 2.05) is 0 Å². The second kappa shape index (κ2) is 18.8. The molecule has 1 rings (SSSR count). The molecule has 0 saturated heterocycles. The third-order valence-corrected chi connectivity index (χ3v) is 6.19. The summed E-state index contributed by atoms with van der Waals surface area (Å²) in [5.41, 5.74) is 27.8. The number of unbranched alkanes of at least 4 members (excludes halogenated alkanes) is 1. The molecule has 4 unspecified atom stereocenters. The number of guanidine groups is 1. The van der Waals surface area contributed by atoms with Crippen molar-refractivity contribution in [3.05, 3.63) is 29.8 Å². The summed E-state index contributed by atoms with van der Waals surface area (Å²) in [5.74, 6) is -4.23. The summed E-state index contributed by atoms with van der Waals surface area (Å²) >= 11 is 0. The largest absolute Gasteiger partial charge is 0.508 e. The van der Waals surface area contributed by atoms with Gasteiger partial charge in [0.15, 0.2) is 5.96 Å². The van der Waals surface area contributed by atoms with Crippen molar-refractivity contribution in [2.75, 3.05) is 13.1 Å². The predicted molar refractivity (Wildman–Crippen MR) is 154 cm³/mol. The first kappa shape index (κ1) is 35.6. The van der Waals surface area contributed by atoms with Gasteiger partial charge in [-0.15, -0.1) is 0 Å². The van der Waals surface area contributed by atoms with E-state index in [9.17, 15) is 34.2 Å². The highest BCUT2D eigenvalue weighted by Gasteiger charge is 2.30. The summed E-state index contributed by atoms with van der Waals surface area (Å²) in [6.07, 6.45) is 1.26. The number of aliphatic carboxylic acids is 1. The number of amides is 4. The molecule has 16 nitrogen and oxygen atoms in total. The molecule has 15 N–H and O–H groups in total. The molecule has 4 atom stereocenters. The van der Waals surface area contributed by atoms with Crippen LogP contribution in [0.2, 0.25) is 0 Å². The van der Waals surface area contributed by atoms with Crippen molar-refractivity contribution in [3.63, 3.8) is 0 Å². The zero-order valence-electron chi connectivity index (χ0n) is 23.5. The third kappa shape index (κ3) is 14.3. The van der Waals surface area contributed by atoms with E-state index in [4.69, 9.17) is 28.7 Å². The minimum absolute atomic E-state index is 0.00566. The Labute approximate surface area is 243 Å². The molecule has 4 amide bonds. The van der Waals surface area contributed by atoms with Gasteiger partial charge < -0.3 is 54.8 Å². The van der Waals surface area contributed by atoms with E-state index in [0.717, 1.165) is 0 Å². The van der Waals surface area contributed by atoms with E-state index < -0.39 is 53.8 Å². The van der Waals surface area contributed by atoms with Gasteiger partial charge in [0.05, 0.1) is 6.04 Å². The van der Waals surface area contributed by atoms with E-state index in [2.05, 4.69) is 20.9 Å². The molecule has 0 fully saturated rings. The highest BCUT2D eigenvalue weighted by atomic mass is 16.4. The van der Waals surface area contributed by atoms with Gasteiger partial charge in [-0.25, -0.2) is 4.79 Å². The van der Waals surface area contributed by atoms with Gasteiger partial charge in [-0.05, 0) is 62.8 Å². The Morgan fingerprint density at radius 3 is 1.86 bits per heavy atom. The monoisotopic (exact) mass is 593 g/mol. The lowest BCUT2D eigenvalue weighted by Crippen LogP contribution is -2.57. The van der Waals surface area contributed by atoms with E-state index in [-0.39, 0.29) is 56.8 Å². The summed E-state index contributed by atoms with van der Waals surface area (Å²) < 4.78 is 0. The second-order valence-electron chi connectivity index (χ2n) is 9.74. The van der Waals surface area contributed by atoms with Crippen LogP contribution in [-0.2, 0) is 30.4 Å². The normalized spacial score (nSPS) is 13.6. The lowest BCUT2D eigenvalue weighted by Gasteiger charge is -2.25. The number of nitrogens with one attached hydrogen (secondary N) is 3. The number of phenolic OH excluding ortho intramolecular Hbond substituents is 1. The Hall–Kier alpha value is -4.44. The van der Waals surface area contributed by atoms with Crippen LogP contribution in [0.1, 0.15) is 50.5 Å². The van der Waals surface area contributed by atoms with Crippen molar-refractivity contribution in [2.45, 2.75) is 75.5 Å². The second-order valence-corrected chi connectivity index (χ2v) is 9.74. The smallest absolute Gasteiger partial charge is 0.326 e. The van der Waals surface area contributed by atoms with Crippen LogP contribution < -0.4 is 44.6 Å². The van der Waals surface area contributed by atoms with E-state index in [1.54, 1.807) is 0 Å². The Morgan fingerprint density at radius 1 is 0.786 bits per heavy atom. The molecule has 16 heteroatoms. The maximum atomic E-state index is 13.3. The number of hydrogen-bond acceptors (Lipinski definition) is 9. The number of benzene rings is 1. The first-order chi connectivity index (χ1) is 19.8. The van der Waals surface area contributed by atoms with Crippen LogP contribution in [0.3, 0.4) is 0 Å². The van der Waals surface area contributed by atoms with Crippen LogP contribution in [0.15, 0.2) is 29.3 Å². The van der Waals surface area contributed by atoms with Gasteiger partial charge in [-0.3, -0.25) is 24.2 Å². The summed E-state index contributed by atoms with van der Waals surface area (Å²) in [6.45, 7) is 0.501. The molecular weight excluding hydrogens is 550 g/mol. The van der Waals surface area contributed by atoms with E-state index >= 15 is 0 Å². The summed E-state index contributed by atoms with van der Waals surface area (Å²) in [7, 11) is 0. The molecule has 0 bridgehead atoms. The molecule has 0 aliphatic rings. The van der Waals surface area contributed by atoms with Crippen molar-refractivity contribution in [1.29, 1.82) is 0 Å². The number of primary amides is 1. The standard InChI is InChI=1S/C26H43N9O7/c27-12-2-1-4-18(24(40)35-20(25(41)42)14-15-6-8-16(36)9-7-15)34-23(39)19(5-3-13-32-26(30)31)33-22(38)17(28)10-11-21(29)37/h6-9,17-20,36H,1-5,10-14,27-28H2,(H2,29,37)(H,33,38)(H,34,39)(H,35,40)(H,41,42)(H4,30,31,32). The number of aliphatic imine (C=N–C) groups is 1. The summed E-state index contributed by atoms with van der Waals surface area (Å²) in [4.78, 5) is 66.0. The number of carbonyl (C=O) groups excluding carboxylic acids is 4. The van der Waals surface area contributed by atoms with Crippen molar-refractivity contribution < 1.29 is 34.2 Å². The Kier molecular flexibility index (Phi) is 15.9. The summed E-state index contributed by atoms with van der Waals surface area (Å²) in [6, 6.07) is 1.11. The van der Waals surface area contributed by atoms with Crippen molar-refractivity contribution >= 4 is 35.6 Å². The molecule has 0 radical (unpaired) electrons. The van der Waals surface area contributed by atoms with Crippen LogP contribution in [0, 0.1) is 0 Å². The molecule has 0 aliphatic heterocycles. The van der Waals surface area contributed by atoms with Crippen molar-refractivity contribution in [1.82, 2.24) is 16.0 Å². The average Bonchev–Trinajstić information content (AvgIpc) is 2.93. The van der Waals surface area contributed by atoms with Crippen LogP contribution in [0.25, 0.3) is 0 Å². The number of rotatable bonds is 20. The van der Waals surface area contributed by atoms with Gasteiger partial charge in [-0.2, -0.15) is 0 Å². The molecule has 42 heavy (non-hydrogen) atoms. The predicted octanol–water partition coefficient (Wildman–Crippen LogP) is -2.75. The lowest BCUT2D eigenvalue weighted by atomic mass is 10.0. The number of carboxylic acids is 1. The van der Waals surface area contributed by atoms with Gasteiger partial charge in [-0.1, -0.05) is 12.1 Å². The number of aromatic hydroxyl groups is 1. The van der Waals surface area contributed by atoms with Gasteiger partial charge in [0, 0.05) is 19.4 Å². The SMILES string of the molecule is NCCCCC(NC(=O)C(CCCN=C(N)N)NC(=O)C(N)CCC(N)=O)C(=O)NC(Cc1ccc(O)cc1)C(=O)O. The number of nitrogens with zero attached hydrogens (tertiary/aromatic N) is 1. The van der Waals surface area contributed by atoms with Gasteiger partial charge in [0.2, 0.25) is 23.6 Å². The fourth-order valence-electron chi connectivity index (χ4n) is 3.85. The molecule has 234 valence electrons. The molecule has 1 aromatic carbocycles. The lowest BCUT2D eigenvalue weighted by molar-refractivity contribution is -0.142. The van der Waals surface area contributed by atoms with Crippen molar-refractivity contribution in [2.24, 2.45) is 33.7 Å². The molecular formula is C26H43N9O7. The van der Waals surface area contributed by atoms with Crippen LogP contribution >= 0.6 is 0 Å². The van der Waals surface area contributed by atoms with Gasteiger partial charge >= 0.3 is 5.97 Å². The topological polar surface area (TPSA) is 304 Å². The first-order valence-corrected chi connectivity index (χ1v) is 13.5. The Balaban J connectivity index is 3.07. The molecule has 0 aliphatic carbocycles. The maximum absolute atomic E-state index is 13.3. The number of carbonyl (C=O) groups is 5.